The predicted molar refractivity (Wildman–Crippen MR) is 106 cm³/mol. The third kappa shape index (κ3) is 6.92. The summed E-state index contributed by atoms with van der Waals surface area (Å²) in [6.45, 7) is 4.10. The molecule has 1 aliphatic rings. The zero-order valence-electron chi connectivity index (χ0n) is 14.4. The second-order valence-corrected chi connectivity index (χ2v) is 7.12. The Hall–Kier alpha value is -1.79. The summed E-state index contributed by atoms with van der Waals surface area (Å²) in [5, 5.41) is 7.02. The first-order valence-electron chi connectivity index (χ1n) is 8.38. The van der Waals surface area contributed by atoms with E-state index in [0.717, 1.165) is 31.4 Å². The number of hydrogen-bond acceptors (Lipinski definition) is 3. The minimum absolute atomic E-state index is 0.215. The van der Waals surface area contributed by atoms with E-state index in [-0.39, 0.29) is 6.04 Å². The molecule has 0 bridgehead atoms. The van der Waals surface area contributed by atoms with E-state index in [1.807, 2.05) is 13.1 Å². The number of hydrogen-bond donors (Lipinski definition) is 2. The van der Waals surface area contributed by atoms with Gasteiger partial charge in [0.1, 0.15) is 5.75 Å². The second kappa shape index (κ2) is 9.63. The number of carbonyl (C=O) groups is 1. The van der Waals surface area contributed by atoms with Crippen LogP contribution in [-0.2, 0) is 0 Å². The molecule has 1 aliphatic carbocycles. The molecule has 1 fully saturated rings. The largest absolute Gasteiger partial charge is 0.412 e. The lowest BCUT2D eigenvalue weighted by molar-refractivity contribution is 0.192. The molecule has 0 unspecified atom stereocenters. The molecule has 7 heteroatoms. The van der Waals surface area contributed by atoms with Crippen LogP contribution in [0.25, 0.3) is 0 Å². The van der Waals surface area contributed by atoms with Crippen molar-refractivity contribution < 1.29 is 9.53 Å². The van der Waals surface area contributed by atoms with Gasteiger partial charge in [0, 0.05) is 29.9 Å². The number of likely N-dealkylation sites (N-methyl/N-ethyl adjacent to an activating group) is 1. The Bertz CT molecular complexity index is 633. The third-order valence-electron chi connectivity index (χ3n) is 3.98. The lowest BCUT2D eigenvalue weighted by atomic mass is 9.96. The van der Waals surface area contributed by atoms with E-state index in [1.54, 1.807) is 23.1 Å². The fourth-order valence-corrected chi connectivity index (χ4v) is 3.10. The minimum Gasteiger partial charge on any atom is -0.410 e. The van der Waals surface area contributed by atoms with Crippen LogP contribution in [0, 0.1) is 0 Å². The van der Waals surface area contributed by atoms with Crippen LogP contribution in [-0.4, -0.2) is 35.7 Å². The molecule has 2 rings (SSSR count). The molecule has 0 atom stereocenters. The normalized spacial score (nSPS) is 14.5. The number of carbonyl (C=O) groups excluding carboxylic acids is 1. The van der Waals surface area contributed by atoms with Crippen molar-refractivity contribution in [1.82, 2.24) is 10.2 Å². The summed E-state index contributed by atoms with van der Waals surface area (Å²) in [6, 6.07) is 7.33. The van der Waals surface area contributed by atoms with Gasteiger partial charge in [-0.05, 0) is 37.2 Å². The zero-order valence-corrected chi connectivity index (χ0v) is 16.0. The Labute approximate surface area is 159 Å². The highest BCUT2D eigenvalue weighted by molar-refractivity contribution is 7.80. The number of rotatable bonds is 5. The Morgan fingerprint density at radius 3 is 2.80 bits per heavy atom. The van der Waals surface area contributed by atoms with Gasteiger partial charge in [-0.25, -0.2) is 4.79 Å². The molecule has 0 spiro atoms. The van der Waals surface area contributed by atoms with Crippen LogP contribution in [0.3, 0.4) is 0 Å². The summed E-state index contributed by atoms with van der Waals surface area (Å²) in [6.07, 6.45) is 5.18. The number of benzene rings is 1. The van der Waals surface area contributed by atoms with Crippen LogP contribution >= 0.6 is 23.8 Å². The van der Waals surface area contributed by atoms with Gasteiger partial charge < -0.3 is 20.3 Å². The SMILES string of the molecule is C=C(Cl)CN(C)C(=S)Nc1cccc(OC(=O)NC2CCCCC2)c1. The van der Waals surface area contributed by atoms with Crippen LogP contribution in [0.4, 0.5) is 10.5 Å². The van der Waals surface area contributed by atoms with E-state index in [0.29, 0.717) is 22.4 Å². The van der Waals surface area contributed by atoms with Gasteiger partial charge in [0.25, 0.3) is 0 Å². The zero-order chi connectivity index (χ0) is 18.2. The topological polar surface area (TPSA) is 53.6 Å². The number of nitrogens with one attached hydrogen (secondary N) is 2. The Kier molecular flexibility index (Phi) is 7.52. The molecule has 1 aromatic rings. The molecule has 0 aliphatic heterocycles. The van der Waals surface area contributed by atoms with Crippen LogP contribution in [0.1, 0.15) is 32.1 Å². The molecule has 0 aromatic heterocycles. The molecule has 0 heterocycles. The van der Waals surface area contributed by atoms with Crippen LogP contribution in [0.5, 0.6) is 5.75 Å². The summed E-state index contributed by atoms with van der Waals surface area (Å²) in [7, 11) is 1.82. The van der Waals surface area contributed by atoms with E-state index >= 15 is 0 Å². The Morgan fingerprint density at radius 1 is 1.40 bits per heavy atom. The van der Waals surface area contributed by atoms with E-state index in [4.69, 9.17) is 28.6 Å². The molecule has 1 aromatic carbocycles. The summed E-state index contributed by atoms with van der Waals surface area (Å²) in [5.74, 6) is 0.463. The monoisotopic (exact) mass is 381 g/mol. The van der Waals surface area contributed by atoms with Gasteiger partial charge in [-0.15, -0.1) is 0 Å². The molecular formula is C18H24ClN3O2S. The van der Waals surface area contributed by atoms with Crippen LogP contribution in [0.15, 0.2) is 35.9 Å². The molecule has 0 saturated heterocycles. The lowest BCUT2D eigenvalue weighted by Gasteiger charge is -2.22. The molecule has 0 radical (unpaired) electrons. The number of amides is 1. The first-order chi connectivity index (χ1) is 11.9. The number of ether oxygens (including phenoxy) is 1. The number of thiocarbonyl (C=S) groups is 1. The number of anilines is 1. The van der Waals surface area contributed by atoms with E-state index in [1.165, 1.54) is 6.42 Å². The minimum atomic E-state index is -0.415. The predicted octanol–water partition coefficient (Wildman–Crippen LogP) is 4.49. The molecule has 1 saturated carbocycles. The number of halogens is 1. The van der Waals surface area contributed by atoms with Gasteiger partial charge in [0.15, 0.2) is 5.11 Å². The van der Waals surface area contributed by atoms with Crippen molar-refractivity contribution in [1.29, 1.82) is 0 Å². The van der Waals surface area contributed by atoms with Crippen molar-refractivity contribution >= 4 is 40.7 Å². The molecule has 25 heavy (non-hydrogen) atoms. The second-order valence-electron chi connectivity index (χ2n) is 6.20. The van der Waals surface area contributed by atoms with E-state index < -0.39 is 6.09 Å². The van der Waals surface area contributed by atoms with Crippen LogP contribution < -0.4 is 15.4 Å². The highest BCUT2D eigenvalue weighted by Gasteiger charge is 2.16. The quantitative estimate of drug-likeness (QED) is 0.736. The lowest BCUT2D eigenvalue weighted by Crippen LogP contribution is -2.38. The van der Waals surface area contributed by atoms with Gasteiger partial charge in [0.05, 0.1) is 6.54 Å². The van der Waals surface area contributed by atoms with Crippen molar-refractivity contribution in [2.45, 2.75) is 38.1 Å². The van der Waals surface area contributed by atoms with E-state index in [9.17, 15) is 4.79 Å². The highest BCUT2D eigenvalue weighted by atomic mass is 35.5. The molecular weight excluding hydrogens is 358 g/mol. The van der Waals surface area contributed by atoms with Gasteiger partial charge in [-0.2, -0.15) is 0 Å². The average Bonchev–Trinajstić information content (AvgIpc) is 2.55. The van der Waals surface area contributed by atoms with Crippen molar-refractivity contribution in [2.24, 2.45) is 0 Å². The van der Waals surface area contributed by atoms with Crippen molar-refractivity contribution in [3.8, 4) is 5.75 Å². The molecule has 2 N–H and O–H groups in total. The van der Waals surface area contributed by atoms with Gasteiger partial charge in [-0.1, -0.05) is 43.5 Å². The average molecular weight is 382 g/mol. The summed E-state index contributed by atoms with van der Waals surface area (Å²) in [4.78, 5) is 13.8. The van der Waals surface area contributed by atoms with Gasteiger partial charge >= 0.3 is 6.09 Å². The van der Waals surface area contributed by atoms with Gasteiger partial charge in [-0.3, -0.25) is 0 Å². The summed E-state index contributed by atoms with van der Waals surface area (Å²) in [5.41, 5.74) is 0.736. The first-order valence-corrected chi connectivity index (χ1v) is 9.16. The smallest absolute Gasteiger partial charge is 0.410 e. The highest BCUT2D eigenvalue weighted by Crippen LogP contribution is 2.20. The van der Waals surface area contributed by atoms with Crippen molar-refractivity contribution in [3.05, 3.63) is 35.9 Å². The molecule has 136 valence electrons. The first kappa shape index (κ1) is 19.5. The third-order valence-corrected chi connectivity index (χ3v) is 4.51. The summed E-state index contributed by atoms with van der Waals surface area (Å²) >= 11 is 11.1. The molecule has 1 amide bonds. The maximum absolute atomic E-state index is 12.0. The standard InChI is InChI=1S/C18H24ClN3O2S/c1-13(19)12-22(2)17(25)20-15-9-6-10-16(11-15)24-18(23)21-14-7-4-3-5-8-14/h6,9-11,14H,1,3-5,7-8,12H2,2H3,(H,20,25)(H,21,23). The van der Waals surface area contributed by atoms with Gasteiger partial charge in [0.2, 0.25) is 0 Å². The molecule has 5 nitrogen and oxygen atoms in total. The maximum atomic E-state index is 12.0. The van der Waals surface area contributed by atoms with Crippen molar-refractivity contribution in [2.75, 3.05) is 18.9 Å². The Balaban J connectivity index is 1.88. The van der Waals surface area contributed by atoms with E-state index in [2.05, 4.69) is 17.2 Å². The maximum Gasteiger partial charge on any atom is 0.412 e. The summed E-state index contributed by atoms with van der Waals surface area (Å²) < 4.78 is 5.38. The fourth-order valence-electron chi connectivity index (χ4n) is 2.74. The van der Waals surface area contributed by atoms with Crippen LogP contribution in [0.2, 0.25) is 0 Å². The fraction of sp³-hybridized carbons (Fsp3) is 0.444. The number of nitrogens with zero attached hydrogens (tertiary/aromatic N) is 1. The van der Waals surface area contributed by atoms with Crippen molar-refractivity contribution in [3.63, 3.8) is 0 Å². The Morgan fingerprint density at radius 2 is 2.12 bits per heavy atom.